The predicted molar refractivity (Wildman–Crippen MR) is 77.2 cm³/mol. The first kappa shape index (κ1) is 19.1. The van der Waals surface area contributed by atoms with Crippen LogP contribution in [-0.2, 0) is 38.1 Å². The van der Waals surface area contributed by atoms with Crippen LogP contribution in [0.3, 0.4) is 0 Å². The summed E-state index contributed by atoms with van der Waals surface area (Å²) in [4.78, 5) is 33.6. The fraction of sp³-hybridized carbons (Fsp3) is 0.667. The third-order valence-corrected chi connectivity index (χ3v) is 2.95. The zero-order valence-corrected chi connectivity index (χ0v) is 13.5. The van der Waals surface area contributed by atoms with Gasteiger partial charge in [-0.25, -0.2) is 0 Å². The minimum absolute atomic E-state index is 0.154. The predicted octanol–water partition coefficient (Wildman–Crippen LogP) is 0.730. The number of hydrogen-bond acceptors (Lipinski definition) is 8. The third-order valence-electron chi connectivity index (χ3n) is 2.95. The minimum Gasteiger partial charge on any atom is -0.463 e. The van der Waals surface area contributed by atoms with E-state index in [1.807, 2.05) is 0 Å². The molecule has 1 fully saturated rings. The molecule has 8 nitrogen and oxygen atoms in total. The summed E-state index contributed by atoms with van der Waals surface area (Å²) in [6, 6.07) is 0. The van der Waals surface area contributed by atoms with Gasteiger partial charge in [-0.1, -0.05) is 6.08 Å². The van der Waals surface area contributed by atoms with E-state index in [0.29, 0.717) is 0 Å². The van der Waals surface area contributed by atoms with Crippen LogP contribution in [0.5, 0.6) is 0 Å². The first-order valence-corrected chi connectivity index (χ1v) is 7.19. The zero-order chi connectivity index (χ0) is 17.4. The molecule has 1 rings (SSSR count). The molecule has 1 heterocycles. The number of esters is 3. The van der Waals surface area contributed by atoms with Crippen LogP contribution in [0.4, 0.5) is 0 Å². The molecule has 0 aliphatic carbocycles. The highest BCUT2D eigenvalue weighted by molar-refractivity contribution is 5.67. The molecule has 0 radical (unpaired) electrons. The molecule has 130 valence electrons. The van der Waals surface area contributed by atoms with Gasteiger partial charge in [-0.05, 0) is 0 Å². The van der Waals surface area contributed by atoms with Gasteiger partial charge in [-0.2, -0.15) is 0 Å². The second-order valence-corrected chi connectivity index (χ2v) is 4.99. The van der Waals surface area contributed by atoms with Crippen molar-refractivity contribution in [1.82, 2.24) is 0 Å². The van der Waals surface area contributed by atoms with Crippen molar-refractivity contribution in [3.05, 3.63) is 12.7 Å². The van der Waals surface area contributed by atoms with Gasteiger partial charge in [-0.3, -0.25) is 14.4 Å². The molecule has 0 saturated carbocycles. The standard InChI is InChI=1S/C15H22O8/c1-5-6-19-14-7-12(21-10(3)17)15(22-11(4)18)13(23-14)8-20-9(2)16/h5,12-15H,1,6-8H2,2-4H3/t12-,13-,14?,15+/m1/s1. The highest BCUT2D eigenvalue weighted by Gasteiger charge is 2.44. The van der Waals surface area contributed by atoms with E-state index in [1.54, 1.807) is 6.08 Å². The van der Waals surface area contributed by atoms with Crippen molar-refractivity contribution >= 4 is 17.9 Å². The van der Waals surface area contributed by atoms with Gasteiger partial charge in [0.1, 0.15) is 18.8 Å². The molecule has 0 N–H and O–H groups in total. The van der Waals surface area contributed by atoms with Crippen LogP contribution >= 0.6 is 0 Å². The summed E-state index contributed by atoms with van der Waals surface area (Å²) in [5.74, 6) is -1.59. The van der Waals surface area contributed by atoms with Crippen molar-refractivity contribution < 1.29 is 38.1 Å². The van der Waals surface area contributed by atoms with Crippen LogP contribution in [0.25, 0.3) is 0 Å². The Kier molecular flexibility index (Phi) is 7.70. The van der Waals surface area contributed by atoms with E-state index < -0.39 is 42.5 Å². The molecule has 1 aliphatic rings. The Morgan fingerprint density at radius 3 is 2.30 bits per heavy atom. The van der Waals surface area contributed by atoms with Crippen LogP contribution in [-0.4, -0.2) is 55.7 Å². The van der Waals surface area contributed by atoms with Crippen molar-refractivity contribution in [2.75, 3.05) is 13.2 Å². The lowest BCUT2D eigenvalue weighted by Gasteiger charge is -2.39. The summed E-state index contributed by atoms with van der Waals surface area (Å²) in [5, 5.41) is 0. The number of hydrogen-bond donors (Lipinski definition) is 0. The Morgan fingerprint density at radius 2 is 1.78 bits per heavy atom. The molecule has 4 atom stereocenters. The Hall–Kier alpha value is -1.93. The molecule has 0 bridgehead atoms. The van der Waals surface area contributed by atoms with E-state index in [2.05, 4.69) is 6.58 Å². The largest absolute Gasteiger partial charge is 0.463 e. The maximum Gasteiger partial charge on any atom is 0.303 e. The number of rotatable bonds is 7. The van der Waals surface area contributed by atoms with E-state index in [4.69, 9.17) is 23.7 Å². The van der Waals surface area contributed by atoms with Gasteiger partial charge >= 0.3 is 17.9 Å². The van der Waals surface area contributed by atoms with E-state index in [1.165, 1.54) is 20.8 Å². The van der Waals surface area contributed by atoms with Crippen LogP contribution in [0, 0.1) is 0 Å². The molecule has 1 unspecified atom stereocenters. The molecule has 0 amide bonds. The van der Waals surface area contributed by atoms with Crippen molar-refractivity contribution in [2.24, 2.45) is 0 Å². The van der Waals surface area contributed by atoms with Gasteiger partial charge in [0.15, 0.2) is 12.4 Å². The molecule has 0 aromatic carbocycles. The summed E-state index contributed by atoms with van der Waals surface area (Å²) >= 11 is 0. The van der Waals surface area contributed by atoms with Crippen molar-refractivity contribution in [3.8, 4) is 0 Å². The summed E-state index contributed by atoms with van der Waals surface area (Å²) in [6.07, 6.45) is -1.44. The first-order valence-electron chi connectivity index (χ1n) is 7.19. The van der Waals surface area contributed by atoms with E-state index >= 15 is 0 Å². The number of carbonyl (C=O) groups is 3. The molecule has 0 aromatic rings. The van der Waals surface area contributed by atoms with Crippen LogP contribution in [0.2, 0.25) is 0 Å². The van der Waals surface area contributed by atoms with Crippen molar-refractivity contribution in [1.29, 1.82) is 0 Å². The highest BCUT2D eigenvalue weighted by atomic mass is 16.7. The summed E-state index contributed by atoms with van der Waals surface area (Å²) in [7, 11) is 0. The van der Waals surface area contributed by atoms with E-state index in [-0.39, 0.29) is 19.6 Å². The molecular weight excluding hydrogens is 308 g/mol. The number of ether oxygens (including phenoxy) is 5. The SMILES string of the molecule is C=CCOC1C[C@@H](OC(C)=O)[C@H](OC(C)=O)[C@@H](COC(C)=O)O1. The average molecular weight is 330 g/mol. The second-order valence-electron chi connectivity index (χ2n) is 4.99. The summed E-state index contributed by atoms with van der Waals surface area (Å²) < 4.78 is 26.4. The van der Waals surface area contributed by atoms with Crippen molar-refractivity contribution in [3.63, 3.8) is 0 Å². The number of carbonyl (C=O) groups excluding carboxylic acids is 3. The maximum absolute atomic E-state index is 11.3. The maximum atomic E-state index is 11.3. The summed E-state index contributed by atoms with van der Waals surface area (Å²) in [5.41, 5.74) is 0. The van der Waals surface area contributed by atoms with Gasteiger partial charge in [0.25, 0.3) is 0 Å². The van der Waals surface area contributed by atoms with Crippen LogP contribution in [0.1, 0.15) is 27.2 Å². The molecule has 1 saturated heterocycles. The Morgan fingerprint density at radius 1 is 1.13 bits per heavy atom. The Bertz CT molecular complexity index is 447. The van der Waals surface area contributed by atoms with Gasteiger partial charge in [0, 0.05) is 27.2 Å². The monoisotopic (exact) mass is 330 g/mol. The molecule has 0 aromatic heterocycles. The fourth-order valence-corrected chi connectivity index (χ4v) is 2.18. The quantitative estimate of drug-likeness (QED) is 0.383. The van der Waals surface area contributed by atoms with Crippen molar-refractivity contribution in [2.45, 2.75) is 51.8 Å². The van der Waals surface area contributed by atoms with E-state index in [0.717, 1.165) is 0 Å². The van der Waals surface area contributed by atoms with Gasteiger partial charge in [-0.15, -0.1) is 6.58 Å². The highest BCUT2D eigenvalue weighted by Crippen LogP contribution is 2.27. The molecule has 1 aliphatic heterocycles. The van der Waals surface area contributed by atoms with Crippen LogP contribution in [0.15, 0.2) is 12.7 Å². The average Bonchev–Trinajstić information content (AvgIpc) is 2.44. The minimum atomic E-state index is -0.890. The van der Waals surface area contributed by atoms with Gasteiger partial charge in [0.2, 0.25) is 0 Å². The zero-order valence-electron chi connectivity index (χ0n) is 13.5. The first-order chi connectivity index (χ1) is 10.8. The lowest BCUT2D eigenvalue weighted by atomic mass is 10.0. The smallest absolute Gasteiger partial charge is 0.303 e. The van der Waals surface area contributed by atoms with E-state index in [9.17, 15) is 14.4 Å². The second kappa shape index (κ2) is 9.26. The normalized spacial score (nSPS) is 26.9. The Balaban J connectivity index is 2.90. The third kappa shape index (κ3) is 6.79. The van der Waals surface area contributed by atoms with Gasteiger partial charge < -0.3 is 23.7 Å². The lowest BCUT2D eigenvalue weighted by Crippen LogP contribution is -2.54. The molecular formula is C15H22O8. The van der Waals surface area contributed by atoms with Gasteiger partial charge in [0.05, 0.1) is 6.61 Å². The topological polar surface area (TPSA) is 97.4 Å². The molecule has 23 heavy (non-hydrogen) atoms. The Labute approximate surface area is 134 Å². The summed E-state index contributed by atoms with van der Waals surface area (Å²) in [6.45, 7) is 7.35. The fourth-order valence-electron chi connectivity index (χ4n) is 2.18. The molecule has 8 heteroatoms. The molecule has 0 spiro atoms. The van der Waals surface area contributed by atoms with Crippen LogP contribution < -0.4 is 0 Å². The lowest BCUT2D eigenvalue weighted by molar-refractivity contribution is -0.263.